The van der Waals surface area contributed by atoms with Crippen LogP contribution in [0, 0.1) is 6.92 Å². The molecule has 0 amide bonds. The van der Waals surface area contributed by atoms with Gasteiger partial charge in [0.05, 0.1) is 30.0 Å². The topological polar surface area (TPSA) is 46.5 Å². The summed E-state index contributed by atoms with van der Waals surface area (Å²) in [6, 6.07) is 8.89. The Labute approximate surface area is 173 Å². The van der Waals surface area contributed by atoms with Crippen molar-refractivity contribution in [1.29, 1.82) is 0 Å². The molecule has 0 fully saturated rings. The lowest BCUT2D eigenvalue weighted by Crippen LogP contribution is -2.26. The zero-order chi connectivity index (χ0) is 20.9. The number of aromatic nitrogens is 4. The van der Waals surface area contributed by atoms with Crippen LogP contribution in [0.4, 0.5) is 0 Å². The summed E-state index contributed by atoms with van der Waals surface area (Å²) in [4.78, 5) is 0. The maximum Gasteiger partial charge on any atom is 0.0691 e. The van der Waals surface area contributed by atoms with Crippen molar-refractivity contribution in [2.75, 3.05) is 0 Å². The van der Waals surface area contributed by atoms with E-state index in [1.165, 1.54) is 33.2 Å². The molecule has 0 unspecified atom stereocenters. The standard InChI is InChI=1S/C25H32N4/c1-15(2)19-10-11-21-20(22(19)16(3)4)13-27-29(21)14-25(6,7)23-17(5)8-9-18-12-26-28-24(18)23/h8-13,15-16H,14H2,1-7H3,(H,26,28). The van der Waals surface area contributed by atoms with Crippen LogP contribution in [-0.2, 0) is 12.0 Å². The molecule has 152 valence electrons. The van der Waals surface area contributed by atoms with Crippen LogP contribution in [0.25, 0.3) is 21.8 Å². The zero-order valence-electron chi connectivity index (χ0n) is 18.7. The van der Waals surface area contributed by atoms with Gasteiger partial charge in [-0.05, 0) is 47.1 Å². The summed E-state index contributed by atoms with van der Waals surface area (Å²) < 4.78 is 2.18. The van der Waals surface area contributed by atoms with E-state index < -0.39 is 0 Å². The summed E-state index contributed by atoms with van der Waals surface area (Å²) in [7, 11) is 0. The largest absolute Gasteiger partial charge is 0.278 e. The van der Waals surface area contributed by atoms with Crippen molar-refractivity contribution in [1.82, 2.24) is 20.0 Å². The van der Waals surface area contributed by atoms with Crippen molar-refractivity contribution in [3.63, 3.8) is 0 Å². The number of aromatic amines is 1. The predicted octanol–water partition coefficient (Wildman–Crippen LogP) is 6.45. The van der Waals surface area contributed by atoms with E-state index >= 15 is 0 Å². The minimum Gasteiger partial charge on any atom is -0.278 e. The molecule has 4 nitrogen and oxygen atoms in total. The number of nitrogens with one attached hydrogen (secondary N) is 1. The third kappa shape index (κ3) is 3.25. The van der Waals surface area contributed by atoms with Crippen LogP contribution >= 0.6 is 0 Å². The number of fused-ring (bicyclic) bond motifs is 2. The molecule has 0 radical (unpaired) electrons. The van der Waals surface area contributed by atoms with E-state index in [1.54, 1.807) is 0 Å². The normalized spacial score (nSPS) is 12.7. The highest BCUT2D eigenvalue weighted by Gasteiger charge is 2.28. The van der Waals surface area contributed by atoms with E-state index in [0.29, 0.717) is 11.8 Å². The summed E-state index contributed by atoms with van der Waals surface area (Å²) in [6.45, 7) is 16.7. The summed E-state index contributed by atoms with van der Waals surface area (Å²) in [6.07, 6.45) is 3.97. The number of hydrogen-bond donors (Lipinski definition) is 1. The molecule has 2 heterocycles. The number of hydrogen-bond acceptors (Lipinski definition) is 2. The Morgan fingerprint density at radius 2 is 1.76 bits per heavy atom. The molecule has 2 aromatic heterocycles. The molecule has 4 heteroatoms. The Morgan fingerprint density at radius 3 is 2.45 bits per heavy atom. The molecule has 29 heavy (non-hydrogen) atoms. The second kappa shape index (κ2) is 7.01. The molecule has 1 N–H and O–H groups in total. The Hall–Kier alpha value is -2.62. The van der Waals surface area contributed by atoms with Crippen molar-refractivity contribution in [2.24, 2.45) is 0 Å². The Bertz CT molecular complexity index is 1170. The first-order chi connectivity index (χ1) is 13.7. The van der Waals surface area contributed by atoms with Crippen LogP contribution in [-0.4, -0.2) is 20.0 Å². The Kier molecular flexibility index (Phi) is 4.76. The van der Waals surface area contributed by atoms with Crippen LogP contribution < -0.4 is 0 Å². The number of benzene rings is 2. The highest BCUT2D eigenvalue weighted by Crippen LogP contribution is 2.36. The van der Waals surface area contributed by atoms with Crippen molar-refractivity contribution in [2.45, 2.75) is 72.3 Å². The summed E-state index contributed by atoms with van der Waals surface area (Å²) in [5, 5.41) is 14.8. The molecule has 0 aliphatic heterocycles. The van der Waals surface area contributed by atoms with Gasteiger partial charge in [-0.15, -0.1) is 0 Å². The first-order valence-electron chi connectivity index (χ1n) is 10.6. The smallest absolute Gasteiger partial charge is 0.0691 e. The SMILES string of the molecule is Cc1ccc2cn[nH]c2c1C(C)(C)Cn1ncc2c(C(C)C)c(C(C)C)ccc21. The van der Waals surface area contributed by atoms with Gasteiger partial charge in [0, 0.05) is 16.2 Å². The monoisotopic (exact) mass is 388 g/mol. The maximum atomic E-state index is 4.84. The highest BCUT2D eigenvalue weighted by atomic mass is 15.3. The van der Waals surface area contributed by atoms with Gasteiger partial charge in [-0.1, -0.05) is 59.7 Å². The van der Waals surface area contributed by atoms with Gasteiger partial charge in [0.2, 0.25) is 0 Å². The van der Waals surface area contributed by atoms with Gasteiger partial charge in [-0.3, -0.25) is 9.78 Å². The quantitative estimate of drug-likeness (QED) is 0.427. The summed E-state index contributed by atoms with van der Waals surface area (Å²) in [5.74, 6) is 0.986. The maximum absolute atomic E-state index is 4.84. The number of H-pyrrole nitrogens is 1. The van der Waals surface area contributed by atoms with Crippen LogP contribution in [0.3, 0.4) is 0 Å². The van der Waals surface area contributed by atoms with E-state index in [1.807, 2.05) is 6.20 Å². The van der Waals surface area contributed by atoms with Crippen LogP contribution in [0.1, 0.15) is 75.6 Å². The van der Waals surface area contributed by atoms with Crippen molar-refractivity contribution in [3.05, 3.63) is 58.9 Å². The molecule has 0 spiro atoms. The van der Waals surface area contributed by atoms with Gasteiger partial charge in [0.25, 0.3) is 0 Å². The molecule has 0 bridgehead atoms. The molecule has 4 aromatic rings. The molecule has 0 aliphatic carbocycles. The second-order valence-corrected chi connectivity index (χ2v) is 9.59. The van der Waals surface area contributed by atoms with Gasteiger partial charge >= 0.3 is 0 Å². The molecular weight excluding hydrogens is 356 g/mol. The molecule has 0 aliphatic rings. The third-order valence-corrected chi connectivity index (χ3v) is 6.15. The van der Waals surface area contributed by atoms with Crippen molar-refractivity contribution < 1.29 is 0 Å². The van der Waals surface area contributed by atoms with Crippen LogP contribution in [0.2, 0.25) is 0 Å². The van der Waals surface area contributed by atoms with Gasteiger partial charge in [0.15, 0.2) is 0 Å². The number of nitrogens with zero attached hydrogens (tertiary/aromatic N) is 3. The highest BCUT2D eigenvalue weighted by molar-refractivity contribution is 5.85. The Balaban J connectivity index is 1.83. The van der Waals surface area contributed by atoms with Gasteiger partial charge in [0.1, 0.15) is 0 Å². The van der Waals surface area contributed by atoms with Gasteiger partial charge in [-0.2, -0.15) is 10.2 Å². The van der Waals surface area contributed by atoms with Crippen LogP contribution in [0.5, 0.6) is 0 Å². The molecular formula is C25H32N4. The summed E-state index contributed by atoms with van der Waals surface area (Å²) >= 11 is 0. The lowest BCUT2D eigenvalue weighted by atomic mass is 9.80. The van der Waals surface area contributed by atoms with Crippen molar-refractivity contribution in [3.8, 4) is 0 Å². The van der Waals surface area contributed by atoms with Gasteiger partial charge < -0.3 is 0 Å². The lowest BCUT2D eigenvalue weighted by Gasteiger charge is -2.28. The van der Waals surface area contributed by atoms with Crippen LogP contribution in [0.15, 0.2) is 36.7 Å². The fraction of sp³-hybridized carbons (Fsp3) is 0.440. The molecule has 0 atom stereocenters. The molecule has 2 aromatic carbocycles. The number of aryl methyl sites for hydroxylation is 1. The minimum absolute atomic E-state index is 0.0935. The van der Waals surface area contributed by atoms with E-state index in [-0.39, 0.29) is 5.41 Å². The average molecular weight is 389 g/mol. The van der Waals surface area contributed by atoms with E-state index in [0.717, 1.165) is 17.4 Å². The molecule has 0 saturated carbocycles. The minimum atomic E-state index is -0.0935. The zero-order valence-corrected chi connectivity index (χ0v) is 18.7. The number of rotatable bonds is 5. The average Bonchev–Trinajstić information content (AvgIpc) is 3.26. The lowest BCUT2D eigenvalue weighted by molar-refractivity contribution is 0.417. The predicted molar refractivity (Wildman–Crippen MR) is 122 cm³/mol. The van der Waals surface area contributed by atoms with E-state index in [2.05, 4.69) is 93.8 Å². The van der Waals surface area contributed by atoms with E-state index in [4.69, 9.17) is 5.10 Å². The summed E-state index contributed by atoms with van der Waals surface area (Å²) in [5.41, 5.74) is 7.74. The fourth-order valence-electron chi connectivity index (χ4n) is 4.91. The fourth-order valence-corrected chi connectivity index (χ4v) is 4.91. The molecule has 0 saturated heterocycles. The van der Waals surface area contributed by atoms with E-state index in [9.17, 15) is 0 Å². The van der Waals surface area contributed by atoms with Crippen molar-refractivity contribution >= 4 is 21.8 Å². The second-order valence-electron chi connectivity index (χ2n) is 9.59. The molecule has 4 rings (SSSR count). The first-order valence-corrected chi connectivity index (χ1v) is 10.6. The first kappa shape index (κ1) is 19.7. The van der Waals surface area contributed by atoms with Gasteiger partial charge in [-0.25, -0.2) is 0 Å². The Morgan fingerprint density at radius 1 is 1.00 bits per heavy atom. The third-order valence-electron chi connectivity index (χ3n) is 6.15.